The second-order valence-corrected chi connectivity index (χ2v) is 3.29. The molecule has 2 heteroatoms. The normalized spacial score (nSPS) is 15.5. The molecule has 0 aliphatic heterocycles. The molecule has 0 aromatic rings. The summed E-state index contributed by atoms with van der Waals surface area (Å²) in [6.07, 6.45) is 2.81. The lowest BCUT2D eigenvalue weighted by atomic mass is 9.99. The van der Waals surface area contributed by atoms with Crippen LogP contribution >= 0.6 is 0 Å². The van der Waals surface area contributed by atoms with Gasteiger partial charge in [0, 0.05) is 0 Å². The fraction of sp³-hybridized carbons (Fsp3) is 0.667. The summed E-state index contributed by atoms with van der Waals surface area (Å²) < 4.78 is 0. The van der Waals surface area contributed by atoms with E-state index in [-0.39, 0.29) is 0 Å². The van der Waals surface area contributed by atoms with Gasteiger partial charge in [-0.15, -0.1) is 6.58 Å². The molecule has 0 fully saturated rings. The lowest BCUT2D eigenvalue weighted by Gasteiger charge is -2.14. The van der Waals surface area contributed by atoms with Gasteiger partial charge in [0.2, 0.25) is 0 Å². The number of aldehydes is 1. The number of carbonyl (C=O) groups excluding carboxylic acids is 1. The van der Waals surface area contributed by atoms with Crippen LogP contribution in [0.15, 0.2) is 12.2 Å². The topological polar surface area (TPSA) is 37.3 Å². The first kappa shape index (κ1) is 10.4. The van der Waals surface area contributed by atoms with Gasteiger partial charge in [-0.1, -0.05) is 5.57 Å². The van der Waals surface area contributed by atoms with Gasteiger partial charge in [0.05, 0.1) is 0 Å². The van der Waals surface area contributed by atoms with Gasteiger partial charge in [-0.05, 0) is 33.1 Å². The van der Waals surface area contributed by atoms with Crippen LogP contribution in [-0.4, -0.2) is 17.0 Å². The van der Waals surface area contributed by atoms with Gasteiger partial charge in [-0.3, -0.25) is 0 Å². The third kappa shape index (κ3) is 5.80. The zero-order valence-corrected chi connectivity index (χ0v) is 7.26. The van der Waals surface area contributed by atoms with Crippen LogP contribution in [0.25, 0.3) is 0 Å². The molecule has 0 saturated carbocycles. The minimum atomic E-state index is -1.14. The Morgan fingerprint density at radius 3 is 2.64 bits per heavy atom. The first-order chi connectivity index (χ1) is 4.98. The minimum Gasteiger partial charge on any atom is -0.383 e. The van der Waals surface area contributed by atoms with E-state index in [0.717, 1.165) is 18.4 Å². The average Bonchev–Trinajstić information content (AvgIpc) is 1.87. The maximum atomic E-state index is 10.2. The fourth-order valence-electron chi connectivity index (χ4n) is 0.807. The molecule has 1 atom stereocenters. The average molecular weight is 156 g/mol. The molecule has 11 heavy (non-hydrogen) atoms. The van der Waals surface area contributed by atoms with E-state index < -0.39 is 5.60 Å². The van der Waals surface area contributed by atoms with Crippen molar-refractivity contribution in [2.75, 3.05) is 0 Å². The van der Waals surface area contributed by atoms with Crippen molar-refractivity contribution in [1.29, 1.82) is 0 Å². The second-order valence-electron chi connectivity index (χ2n) is 3.29. The zero-order chi connectivity index (χ0) is 8.91. The molecule has 0 aromatic heterocycles. The van der Waals surface area contributed by atoms with E-state index in [4.69, 9.17) is 0 Å². The monoisotopic (exact) mass is 156 g/mol. The summed E-state index contributed by atoms with van der Waals surface area (Å²) in [7, 11) is 0. The molecular formula is C9H16O2. The molecule has 0 radical (unpaired) electrons. The van der Waals surface area contributed by atoms with Crippen LogP contribution in [0.4, 0.5) is 0 Å². The highest BCUT2D eigenvalue weighted by Crippen LogP contribution is 2.12. The van der Waals surface area contributed by atoms with E-state index in [0.29, 0.717) is 12.7 Å². The molecule has 0 aromatic carbocycles. The summed E-state index contributed by atoms with van der Waals surface area (Å²) >= 11 is 0. The summed E-state index contributed by atoms with van der Waals surface area (Å²) in [6, 6.07) is 0. The second kappa shape index (κ2) is 4.29. The highest BCUT2D eigenvalue weighted by Gasteiger charge is 2.17. The number of allylic oxidation sites excluding steroid dienone is 1. The number of carbonyl (C=O) groups is 1. The molecule has 1 N–H and O–H groups in total. The summed E-state index contributed by atoms with van der Waals surface area (Å²) in [5.74, 6) is 0. The Hall–Kier alpha value is -0.630. The lowest BCUT2D eigenvalue weighted by molar-refractivity contribution is -0.123. The first-order valence-electron chi connectivity index (χ1n) is 3.81. The van der Waals surface area contributed by atoms with E-state index in [9.17, 15) is 9.90 Å². The van der Waals surface area contributed by atoms with E-state index in [1.54, 1.807) is 0 Å². The number of rotatable bonds is 5. The van der Waals surface area contributed by atoms with Crippen LogP contribution in [0.5, 0.6) is 0 Å². The third-order valence-corrected chi connectivity index (χ3v) is 1.54. The first-order valence-corrected chi connectivity index (χ1v) is 3.81. The highest BCUT2D eigenvalue weighted by molar-refractivity contribution is 5.60. The van der Waals surface area contributed by atoms with Crippen molar-refractivity contribution in [2.24, 2.45) is 0 Å². The van der Waals surface area contributed by atoms with Crippen molar-refractivity contribution in [1.82, 2.24) is 0 Å². The predicted octanol–water partition coefficient (Wildman–Crippen LogP) is 1.68. The van der Waals surface area contributed by atoms with E-state index >= 15 is 0 Å². The Balaban J connectivity index is 3.53. The smallest absolute Gasteiger partial charge is 0.151 e. The summed E-state index contributed by atoms with van der Waals surface area (Å²) in [5.41, 5.74) is -0.0539. The Labute approximate surface area is 67.9 Å². The van der Waals surface area contributed by atoms with Crippen LogP contribution in [0.1, 0.15) is 33.1 Å². The minimum absolute atomic E-state index is 0.517. The molecule has 0 aliphatic rings. The van der Waals surface area contributed by atoms with Gasteiger partial charge >= 0.3 is 0 Å². The molecule has 0 rings (SSSR count). The van der Waals surface area contributed by atoms with Gasteiger partial charge < -0.3 is 9.90 Å². The number of hydrogen-bond donors (Lipinski definition) is 1. The van der Waals surface area contributed by atoms with Gasteiger partial charge in [-0.25, -0.2) is 0 Å². The lowest BCUT2D eigenvalue weighted by Crippen LogP contribution is -2.25. The van der Waals surface area contributed by atoms with Crippen LogP contribution < -0.4 is 0 Å². The highest BCUT2D eigenvalue weighted by atomic mass is 16.3. The Morgan fingerprint density at radius 1 is 1.73 bits per heavy atom. The zero-order valence-electron chi connectivity index (χ0n) is 7.26. The standard InChI is InChI=1S/C9H16O2/c1-8(2)5-4-6-9(3,11)7-10/h7,11H,1,4-6H2,2-3H3/t9-/m0/s1. The van der Waals surface area contributed by atoms with Gasteiger partial charge in [0.1, 0.15) is 5.60 Å². The van der Waals surface area contributed by atoms with E-state index in [2.05, 4.69) is 6.58 Å². The van der Waals surface area contributed by atoms with Crippen molar-refractivity contribution >= 4 is 6.29 Å². The van der Waals surface area contributed by atoms with Gasteiger partial charge in [0.25, 0.3) is 0 Å². The molecule has 64 valence electrons. The Morgan fingerprint density at radius 2 is 2.27 bits per heavy atom. The molecule has 0 heterocycles. The number of aliphatic hydroxyl groups is 1. The molecule has 0 bridgehead atoms. The van der Waals surface area contributed by atoms with Gasteiger partial charge in [0.15, 0.2) is 6.29 Å². The maximum absolute atomic E-state index is 10.2. The Bertz CT molecular complexity index is 148. The molecule has 0 spiro atoms. The summed E-state index contributed by atoms with van der Waals surface area (Å²) in [4.78, 5) is 10.2. The largest absolute Gasteiger partial charge is 0.383 e. The molecular weight excluding hydrogens is 140 g/mol. The molecule has 0 unspecified atom stereocenters. The summed E-state index contributed by atoms with van der Waals surface area (Å²) in [6.45, 7) is 7.20. The van der Waals surface area contributed by atoms with Crippen LogP contribution in [0.2, 0.25) is 0 Å². The molecule has 0 amide bonds. The van der Waals surface area contributed by atoms with Crippen molar-refractivity contribution in [2.45, 2.75) is 38.7 Å². The van der Waals surface area contributed by atoms with Crippen molar-refractivity contribution in [3.63, 3.8) is 0 Å². The van der Waals surface area contributed by atoms with Gasteiger partial charge in [-0.2, -0.15) is 0 Å². The maximum Gasteiger partial charge on any atom is 0.151 e. The van der Waals surface area contributed by atoms with Crippen molar-refractivity contribution in [3.05, 3.63) is 12.2 Å². The fourth-order valence-corrected chi connectivity index (χ4v) is 0.807. The SMILES string of the molecule is C=C(C)CCC[C@](C)(O)C=O. The van der Waals surface area contributed by atoms with E-state index in [1.807, 2.05) is 6.92 Å². The molecule has 0 saturated heterocycles. The quantitative estimate of drug-likeness (QED) is 0.485. The van der Waals surface area contributed by atoms with E-state index in [1.165, 1.54) is 6.92 Å². The predicted molar refractivity (Wildman–Crippen MR) is 45.4 cm³/mol. The van der Waals surface area contributed by atoms with Crippen LogP contribution in [0.3, 0.4) is 0 Å². The molecule has 0 aliphatic carbocycles. The van der Waals surface area contributed by atoms with Crippen LogP contribution in [-0.2, 0) is 4.79 Å². The third-order valence-electron chi connectivity index (χ3n) is 1.54. The number of hydrogen-bond acceptors (Lipinski definition) is 2. The van der Waals surface area contributed by atoms with Crippen molar-refractivity contribution in [3.8, 4) is 0 Å². The molecule has 2 nitrogen and oxygen atoms in total. The van der Waals surface area contributed by atoms with Crippen molar-refractivity contribution < 1.29 is 9.90 Å². The summed E-state index contributed by atoms with van der Waals surface area (Å²) in [5, 5.41) is 9.24. The van der Waals surface area contributed by atoms with Crippen LogP contribution in [0, 0.1) is 0 Å². The Kier molecular flexibility index (Phi) is 4.04.